The number of esters is 1. The molecule has 8 heteroatoms. The van der Waals surface area contributed by atoms with Crippen molar-refractivity contribution in [2.24, 2.45) is 0 Å². The van der Waals surface area contributed by atoms with Crippen LogP contribution in [0.2, 0.25) is 5.02 Å². The molecular weight excluding hydrogens is 400 g/mol. The van der Waals surface area contributed by atoms with E-state index >= 15 is 0 Å². The van der Waals surface area contributed by atoms with Gasteiger partial charge in [-0.2, -0.15) is 0 Å². The first-order chi connectivity index (χ1) is 13.5. The fourth-order valence-electron chi connectivity index (χ4n) is 3.59. The van der Waals surface area contributed by atoms with E-state index in [1.807, 2.05) is 12.1 Å². The normalized spacial score (nSPS) is 22.9. The third-order valence-electron chi connectivity index (χ3n) is 4.82. The second-order valence-electron chi connectivity index (χ2n) is 6.40. The van der Waals surface area contributed by atoms with E-state index in [2.05, 4.69) is 5.32 Å². The topological polar surface area (TPSA) is 75.7 Å². The molecule has 6 nitrogen and oxygen atoms in total. The monoisotopic (exact) mass is 416 g/mol. The summed E-state index contributed by atoms with van der Waals surface area (Å²) < 4.78 is 5.19. The lowest BCUT2D eigenvalue weighted by Crippen LogP contribution is -2.54. The van der Waals surface area contributed by atoms with Gasteiger partial charge in [-0.25, -0.2) is 4.79 Å². The lowest BCUT2D eigenvalue weighted by atomic mass is 10.0. The van der Waals surface area contributed by atoms with Gasteiger partial charge in [-0.3, -0.25) is 14.5 Å². The molecule has 2 aromatic rings. The van der Waals surface area contributed by atoms with Gasteiger partial charge in [0, 0.05) is 27.6 Å². The zero-order valence-electron chi connectivity index (χ0n) is 15.0. The minimum absolute atomic E-state index is 0.193. The number of halogens is 1. The van der Waals surface area contributed by atoms with Crippen molar-refractivity contribution in [1.29, 1.82) is 0 Å². The number of carbonyl (C=O) groups is 3. The lowest BCUT2D eigenvalue weighted by Gasteiger charge is -2.35. The van der Waals surface area contributed by atoms with Gasteiger partial charge in [0.25, 0.3) is 11.8 Å². The minimum atomic E-state index is -1.31. The van der Waals surface area contributed by atoms with Crippen molar-refractivity contribution >= 4 is 46.8 Å². The Bertz CT molecular complexity index is 965. The summed E-state index contributed by atoms with van der Waals surface area (Å²) in [6.07, 6.45) is 0. The van der Waals surface area contributed by atoms with Crippen molar-refractivity contribution in [3.8, 4) is 0 Å². The van der Waals surface area contributed by atoms with E-state index in [4.69, 9.17) is 16.3 Å². The van der Waals surface area contributed by atoms with Gasteiger partial charge < -0.3 is 10.1 Å². The van der Waals surface area contributed by atoms with E-state index in [9.17, 15) is 14.4 Å². The predicted octanol–water partition coefficient (Wildman–Crippen LogP) is 3.27. The Balaban J connectivity index is 1.84. The molecule has 2 atom stereocenters. The number of benzene rings is 2. The van der Waals surface area contributed by atoms with Gasteiger partial charge >= 0.3 is 5.97 Å². The Morgan fingerprint density at radius 2 is 1.96 bits per heavy atom. The van der Waals surface area contributed by atoms with Crippen LogP contribution in [-0.2, 0) is 19.2 Å². The summed E-state index contributed by atoms with van der Waals surface area (Å²) in [5.41, 5.74) is 1.65. The Kier molecular flexibility index (Phi) is 4.81. The summed E-state index contributed by atoms with van der Waals surface area (Å²) >= 11 is 7.21. The van der Waals surface area contributed by atoms with Crippen LogP contribution in [0.4, 0.5) is 5.69 Å². The molecule has 1 fully saturated rings. The van der Waals surface area contributed by atoms with Gasteiger partial charge in [0.2, 0.25) is 0 Å². The van der Waals surface area contributed by atoms with E-state index in [0.717, 1.165) is 0 Å². The fraction of sp³-hybridized carbons (Fsp3) is 0.250. The third kappa shape index (κ3) is 2.77. The molecule has 1 saturated heterocycles. The molecule has 2 aliphatic heterocycles. The summed E-state index contributed by atoms with van der Waals surface area (Å²) in [6.45, 7) is 1.90. The number of anilines is 1. The lowest BCUT2D eigenvalue weighted by molar-refractivity contribution is -0.148. The maximum atomic E-state index is 13.5. The molecule has 0 bridgehead atoms. The van der Waals surface area contributed by atoms with E-state index in [1.54, 1.807) is 43.3 Å². The van der Waals surface area contributed by atoms with Crippen molar-refractivity contribution < 1.29 is 19.1 Å². The van der Waals surface area contributed by atoms with E-state index in [1.165, 1.54) is 16.7 Å². The second-order valence-corrected chi connectivity index (χ2v) is 8.05. The van der Waals surface area contributed by atoms with Gasteiger partial charge in [-0.05, 0) is 37.3 Å². The van der Waals surface area contributed by atoms with Gasteiger partial charge in [0.15, 0.2) is 4.87 Å². The molecule has 1 spiro atoms. The third-order valence-corrected chi connectivity index (χ3v) is 6.57. The maximum Gasteiger partial charge on any atom is 0.329 e. The first-order valence-electron chi connectivity index (χ1n) is 8.80. The molecule has 0 saturated carbocycles. The largest absolute Gasteiger partial charge is 0.464 e. The van der Waals surface area contributed by atoms with Gasteiger partial charge in [0.1, 0.15) is 6.04 Å². The summed E-state index contributed by atoms with van der Waals surface area (Å²) in [6, 6.07) is 12.7. The van der Waals surface area contributed by atoms with Gasteiger partial charge in [0.05, 0.1) is 6.61 Å². The molecule has 0 radical (unpaired) electrons. The highest BCUT2D eigenvalue weighted by Gasteiger charge is 2.61. The average molecular weight is 417 g/mol. The zero-order chi connectivity index (χ0) is 19.9. The summed E-state index contributed by atoms with van der Waals surface area (Å²) in [7, 11) is 0. The first kappa shape index (κ1) is 18.8. The molecule has 144 valence electrons. The molecular formula is C20H17ClN2O4S. The molecule has 2 aliphatic rings. The van der Waals surface area contributed by atoms with Gasteiger partial charge in [-0.15, -0.1) is 11.8 Å². The van der Waals surface area contributed by atoms with E-state index < -0.39 is 22.8 Å². The number of ether oxygens (including phenoxy) is 1. The molecule has 1 N–H and O–H groups in total. The SMILES string of the molecule is CCOC(=O)[C@@H]1CS[C@@]2(C(=O)Nc3ccccc32)N1C(=O)c1ccc(Cl)cc1. The number of carbonyl (C=O) groups excluding carboxylic acids is 3. The van der Waals surface area contributed by atoms with Crippen LogP contribution in [-0.4, -0.2) is 41.1 Å². The number of thioether (sulfide) groups is 1. The predicted molar refractivity (Wildman–Crippen MR) is 107 cm³/mol. The summed E-state index contributed by atoms with van der Waals surface area (Å²) in [5, 5.41) is 3.33. The molecule has 4 rings (SSSR count). The number of para-hydroxylation sites is 1. The summed E-state index contributed by atoms with van der Waals surface area (Å²) in [4.78, 5) is 39.2. The molecule has 0 aliphatic carbocycles. The van der Waals surface area contributed by atoms with Gasteiger partial charge in [-0.1, -0.05) is 29.8 Å². The number of hydrogen-bond donors (Lipinski definition) is 1. The summed E-state index contributed by atoms with van der Waals surface area (Å²) in [5.74, 6) is -1.02. The smallest absolute Gasteiger partial charge is 0.329 e. The standard InChI is InChI=1S/C20H17ClN2O4S/c1-2-27-18(25)16-11-28-20(14-5-3-4-6-15(14)22-19(20)26)23(16)17(24)12-7-9-13(21)10-8-12/h3-10,16H,2,11H2,1H3,(H,22,26)/t16-,20-/m0/s1. The highest BCUT2D eigenvalue weighted by molar-refractivity contribution is 8.01. The molecule has 2 heterocycles. The van der Waals surface area contributed by atoms with Crippen LogP contribution in [0.5, 0.6) is 0 Å². The van der Waals surface area contributed by atoms with Crippen LogP contribution in [0.25, 0.3) is 0 Å². The van der Waals surface area contributed by atoms with Crippen LogP contribution in [0.15, 0.2) is 48.5 Å². The number of hydrogen-bond acceptors (Lipinski definition) is 5. The zero-order valence-corrected chi connectivity index (χ0v) is 16.5. The molecule has 28 heavy (non-hydrogen) atoms. The van der Waals surface area contributed by atoms with Crippen LogP contribution in [0.1, 0.15) is 22.8 Å². The highest BCUT2D eigenvalue weighted by atomic mass is 35.5. The number of fused-ring (bicyclic) bond motifs is 2. The Labute approximate surface area is 171 Å². The van der Waals surface area contributed by atoms with E-state index in [-0.39, 0.29) is 18.3 Å². The van der Waals surface area contributed by atoms with Crippen molar-refractivity contribution in [3.63, 3.8) is 0 Å². The molecule has 0 unspecified atom stereocenters. The number of amides is 2. The van der Waals surface area contributed by atoms with E-state index in [0.29, 0.717) is 21.8 Å². The molecule has 0 aromatic heterocycles. The van der Waals surface area contributed by atoms with Crippen LogP contribution in [0, 0.1) is 0 Å². The minimum Gasteiger partial charge on any atom is -0.464 e. The van der Waals surface area contributed by atoms with Crippen molar-refractivity contribution in [2.45, 2.75) is 17.8 Å². The number of nitrogens with one attached hydrogen (secondary N) is 1. The van der Waals surface area contributed by atoms with Crippen LogP contribution in [0.3, 0.4) is 0 Å². The fourth-order valence-corrected chi connectivity index (χ4v) is 5.27. The quantitative estimate of drug-likeness (QED) is 0.777. The average Bonchev–Trinajstić information content (AvgIpc) is 3.22. The Morgan fingerprint density at radius 3 is 2.68 bits per heavy atom. The Morgan fingerprint density at radius 1 is 1.25 bits per heavy atom. The first-order valence-corrected chi connectivity index (χ1v) is 10.2. The van der Waals surface area contributed by atoms with Crippen LogP contribution < -0.4 is 5.32 Å². The van der Waals surface area contributed by atoms with Crippen molar-refractivity contribution in [3.05, 3.63) is 64.7 Å². The van der Waals surface area contributed by atoms with Crippen molar-refractivity contribution in [1.82, 2.24) is 4.90 Å². The molecule has 2 amide bonds. The number of rotatable bonds is 3. The van der Waals surface area contributed by atoms with Crippen molar-refractivity contribution in [2.75, 3.05) is 17.7 Å². The van der Waals surface area contributed by atoms with Crippen LogP contribution >= 0.6 is 23.4 Å². The molecule has 2 aromatic carbocycles. The highest BCUT2D eigenvalue weighted by Crippen LogP contribution is 2.54. The second kappa shape index (κ2) is 7.14. The Hall–Kier alpha value is -2.51. The maximum absolute atomic E-state index is 13.5. The number of nitrogens with zero attached hydrogens (tertiary/aromatic N) is 1.